The molecular formula is C30H41N3O3. The molecule has 6 nitrogen and oxygen atoms in total. The van der Waals surface area contributed by atoms with Gasteiger partial charge in [-0.2, -0.15) is 0 Å². The first-order chi connectivity index (χ1) is 17.3. The Morgan fingerprint density at radius 3 is 2.53 bits per heavy atom. The highest BCUT2D eigenvalue weighted by Crippen LogP contribution is 2.25. The van der Waals surface area contributed by atoms with Gasteiger partial charge in [0.2, 0.25) is 5.91 Å². The number of hydrogen-bond donors (Lipinski definition) is 1. The lowest BCUT2D eigenvalue weighted by atomic mass is 9.93. The molecule has 0 radical (unpaired) electrons. The molecule has 1 aliphatic rings. The fourth-order valence-electron chi connectivity index (χ4n) is 4.38. The van der Waals surface area contributed by atoms with Gasteiger partial charge in [0.1, 0.15) is 12.6 Å². The topological polar surface area (TPSA) is 71.5 Å². The van der Waals surface area contributed by atoms with Crippen LogP contribution in [0.2, 0.25) is 0 Å². The molecule has 1 aromatic heterocycles. The monoisotopic (exact) mass is 491 g/mol. The highest BCUT2D eigenvalue weighted by atomic mass is 16.5. The van der Waals surface area contributed by atoms with Gasteiger partial charge in [0.25, 0.3) is 5.91 Å². The van der Waals surface area contributed by atoms with E-state index in [1.807, 2.05) is 58.1 Å². The van der Waals surface area contributed by atoms with Gasteiger partial charge < -0.3 is 10.1 Å². The molecule has 0 spiro atoms. The number of nitrogens with zero attached hydrogens (tertiary/aromatic N) is 2. The maximum Gasteiger partial charge on any atom is 0.254 e. The lowest BCUT2D eigenvalue weighted by Gasteiger charge is -2.35. The van der Waals surface area contributed by atoms with Gasteiger partial charge in [-0.25, -0.2) is 0 Å². The summed E-state index contributed by atoms with van der Waals surface area (Å²) in [5.41, 5.74) is 3.81. The lowest BCUT2D eigenvalue weighted by molar-refractivity contribution is -0.140. The summed E-state index contributed by atoms with van der Waals surface area (Å²) in [5.74, 6) is -0.537. The van der Waals surface area contributed by atoms with Crippen LogP contribution in [0.25, 0.3) is 0 Å². The molecule has 1 saturated carbocycles. The molecule has 2 rings (SSSR count). The Morgan fingerprint density at radius 2 is 1.97 bits per heavy atom. The highest BCUT2D eigenvalue weighted by Gasteiger charge is 2.35. The summed E-state index contributed by atoms with van der Waals surface area (Å²) in [6.07, 6.45) is 15.8. The molecule has 6 heteroatoms. The number of amides is 2. The number of aromatic nitrogens is 1. The maximum absolute atomic E-state index is 13.8. The van der Waals surface area contributed by atoms with E-state index in [0.717, 1.165) is 42.4 Å². The zero-order valence-corrected chi connectivity index (χ0v) is 22.3. The SMILES string of the molecule is C=CC(=C(C)C)C(C(=O)NC1CCCCC1)N(C(=O)COCc1cccnc1)C(C=CC)=CC(=C)C. The minimum Gasteiger partial charge on any atom is -0.367 e. The van der Waals surface area contributed by atoms with Crippen LogP contribution in [0, 0.1) is 0 Å². The van der Waals surface area contributed by atoms with Gasteiger partial charge >= 0.3 is 0 Å². The number of carbonyl (C=O) groups is 2. The van der Waals surface area contributed by atoms with Crippen LogP contribution in [0.1, 0.15) is 65.4 Å². The van der Waals surface area contributed by atoms with Crippen LogP contribution in [0.3, 0.4) is 0 Å². The molecule has 0 aromatic carbocycles. The number of carbonyl (C=O) groups excluding carboxylic acids is 2. The Bertz CT molecular complexity index is 998. The third-order valence-corrected chi connectivity index (χ3v) is 6.05. The summed E-state index contributed by atoms with van der Waals surface area (Å²) >= 11 is 0. The second kappa shape index (κ2) is 15.0. The van der Waals surface area contributed by atoms with Crippen molar-refractivity contribution in [1.29, 1.82) is 0 Å². The molecule has 194 valence electrons. The first-order valence-electron chi connectivity index (χ1n) is 12.7. The summed E-state index contributed by atoms with van der Waals surface area (Å²) in [6.45, 7) is 15.6. The van der Waals surface area contributed by atoms with Gasteiger partial charge in [0.15, 0.2) is 0 Å². The normalized spacial score (nSPS) is 15.3. The quantitative estimate of drug-likeness (QED) is 0.375. The number of rotatable bonds is 12. The number of pyridine rings is 1. The summed E-state index contributed by atoms with van der Waals surface area (Å²) in [5, 5.41) is 3.22. The van der Waals surface area contributed by atoms with Crippen LogP contribution in [-0.4, -0.2) is 40.4 Å². The lowest BCUT2D eigenvalue weighted by Crippen LogP contribution is -2.53. The molecule has 36 heavy (non-hydrogen) atoms. The number of ether oxygens (including phenoxy) is 1. The predicted molar refractivity (Wildman–Crippen MR) is 146 cm³/mol. The zero-order valence-electron chi connectivity index (χ0n) is 22.3. The minimum atomic E-state index is -0.884. The van der Waals surface area contributed by atoms with Crippen molar-refractivity contribution in [3.63, 3.8) is 0 Å². The van der Waals surface area contributed by atoms with Crippen molar-refractivity contribution in [3.8, 4) is 0 Å². The van der Waals surface area contributed by atoms with Crippen molar-refractivity contribution in [3.05, 3.63) is 90.0 Å². The van der Waals surface area contributed by atoms with Gasteiger partial charge in [0, 0.05) is 24.1 Å². The molecule has 1 atom stereocenters. The molecule has 1 unspecified atom stereocenters. The second-order valence-corrected chi connectivity index (χ2v) is 9.44. The van der Waals surface area contributed by atoms with E-state index in [4.69, 9.17) is 4.74 Å². The third-order valence-electron chi connectivity index (χ3n) is 6.05. The van der Waals surface area contributed by atoms with E-state index in [-0.39, 0.29) is 31.1 Å². The van der Waals surface area contributed by atoms with Crippen LogP contribution in [0.4, 0.5) is 0 Å². The van der Waals surface area contributed by atoms with Gasteiger partial charge in [0.05, 0.1) is 6.61 Å². The zero-order chi connectivity index (χ0) is 26.5. The van der Waals surface area contributed by atoms with E-state index in [9.17, 15) is 9.59 Å². The minimum absolute atomic E-state index is 0.103. The van der Waals surface area contributed by atoms with Crippen molar-refractivity contribution >= 4 is 11.8 Å². The van der Waals surface area contributed by atoms with Crippen molar-refractivity contribution in [1.82, 2.24) is 15.2 Å². The Hall–Kier alpha value is -3.25. The molecule has 2 amide bonds. The molecule has 1 N–H and O–H groups in total. The third kappa shape index (κ3) is 8.76. The highest BCUT2D eigenvalue weighted by molar-refractivity contribution is 5.93. The number of hydrogen-bond acceptors (Lipinski definition) is 4. The smallest absolute Gasteiger partial charge is 0.254 e. The molecule has 1 aromatic rings. The summed E-state index contributed by atoms with van der Waals surface area (Å²) in [7, 11) is 0. The molecular weight excluding hydrogens is 450 g/mol. The van der Waals surface area contributed by atoms with Crippen molar-refractivity contribution in [2.75, 3.05) is 6.61 Å². The van der Waals surface area contributed by atoms with E-state index in [0.29, 0.717) is 11.3 Å². The first-order valence-corrected chi connectivity index (χ1v) is 12.7. The average Bonchev–Trinajstić information content (AvgIpc) is 2.84. The van der Waals surface area contributed by atoms with Crippen LogP contribution in [0.15, 0.2) is 84.4 Å². The summed E-state index contributed by atoms with van der Waals surface area (Å²) in [6, 6.07) is 2.93. The predicted octanol–water partition coefficient (Wildman–Crippen LogP) is 5.80. The number of nitrogens with one attached hydrogen (secondary N) is 1. The largest absolute Gasteiger partial charge is 0.367 e. The second-order valence-electron chi connectivity index (χ2n) is 9.44. The molecule has 0 aliphatic heterocycles. The van der Waals surface area contributed by atoms with Crippen molar-refractivity contribution in [2.24, 2.45) is 0 Å². The fourth-order valence-corrected chi connectivity index (χ4v) is 4.38. The molecule has 1 heterocycles. The van der Waals surface area contributed by atoms with E-state index in [1.54, 1.807) is 18.5 Å². The maximum atomic E-state index is 13.8. The van der Waals surface area contributed by atoms with Crippen LogP contribution < -0.4 is 5.32 Å². The summed E-state index contributed by atoms with van der Waals surface area (Å²) in [4.78, 5) is 33.2. The van der Waals surface area contributed by atoms with Gasteiger partial charge in [-0.3, -0.25) is 19.5 Å². The van der Waals surface area contributed by atoms with Crippen molar-refractivity contribution < 1.29 is 14.3 Å². The van der Waals surface area contributed by atoms with Crippen LogP contribution in [-0.2, 0) is 20.9 Å². The van der Waals surface area contributed by atoms with E-state index < -0.39 is 6.04 Å². The molecule has 0 bridgehead atoms. The van der Waals surface area contributed by atoms with E-state index in [1.165, 1.54) is 11.3 Å². The molecule has 1 aliphatic carbocycles. The van der Waals surface area contributed by atoms with Gasteiger partial charge in [-0.1, -0.05) is 61.8 Å². The summed E-state index contributed by atoms with van der Waals surface area (Å²) < 4.78 is 5.77. The standard InChI is InChI=1S/C30H41N3O3/c1-7-13-26(18-22(3)4)33(28(34)21-36-20-24-14-12-17-31-19-24)29(27(8-2)23(5)6)30(35)32-25-15-10-9-11-16-25/h7-8,12-14,17-19,25,29H,2-3,9-11,15-16,20-21H2,1,4-6H3,(H,32,35). The van der Waals surface area contributed by atoms with Crippen molar-refractivity contribution in [2.45, 2.75) is 78.5 Å². The van der Waals surface area contributed by atoms with E-state index >= 15 is 0 Å². The number of allylic oxidation sites excluding steroid dienone is 5. The van der Waals surface area contributed by atoms with Crippen LogP contribution in [0.5, 0.6) is 0 Å². The van der Waals surface area contributed by atoms with Crippen LogP contribution >= 0.6 is 0 Å². The van der Waals surface area contributed by atoms with Gasteiger partial charge in [-0.15, -0.1) is 0 Å². The molecule has 1 fully saturated rings. The Labute approximate surface area is 216 Å². The van der Waals surface area contributed by atoms with Gasteiger partial charge in [-0.05, 0) is 69.9 Å². The Morgan fingerprint density at radius 1 is 1.25 bits per heavy atom. The average molecular weight is 492 g/mol. The Kier molecular flexibility index (Phi) is 12.1. The first kappa shape index (κ1) is 29.0. The molecule has 0 saturated heterocycles. The van der Waals surface area contributed by atoms with E-state index in [2.05, 4.69) is 23.5 Å². The fraction of sp³-hybridized carbons (Fsp3) is 0.433. The Balaban J connectivity index is 2.47.